The molecule has 1 aromatic heterocycles. The van der Waals surface area contributed by atoms with Crippen LogP contribution in [0.1, 0.15) is 5.69 Å². The second-order valence-electron chi connectivity index (χ2n) is 3.50. The Hall–Kier alpha value is -0.910. The Morgan fingerprint density at radius 1 is 1.47 bits per heavy atom. The first-order valence-corrected chi connectivity index (χ1v) is 7.34. The van der Waals surface area contributed by atoms with Gasteiger partial charge in [-0.2, -0.15) is 0 Å². The molecule has 1 heterocycles. The minimum atomic E-state index is -0.217. The van der Waals surface area contributed by atoms with Crippen LogP contribution in [-0.4, -0.2) is 17.8 Å². The van der Waals surface area contributed by atoms with Gasteiger partial charge in [0.15, 0.2) is 0 Å². The van der Waals surface area contributed by atoms with Gasteiger partial charge in [0.25, 0.3) is 0 Å². The number of halogens is 1. The SMILES string of the molecule is CSc1cccc(F)c1-c1nc(CCN)cs1. The number of hydrogen-bond acceptors (Lipinski definition) is 4. The summed E-state index contributed by atoms with van der Waals surface area (Å²) in [5.41, 5.74) is 7.02. The Balaban J connectivity index is 2.44. The van der Waals surface area contributed by atoms with E-state index < -0.39 is 0 Å². The van der Waals surface area contributed by atoms with E-state index in [0.717, 1.165) is 22.0 Å². The van der Waals surface area contributed by atoms with Crippen molar-refractivity contribution in [2.45, 2.75) is 11.3 Å². The molecule has 5 heteroatoms. The number of nitrogens with zero attached hydrogens (tertiary/aromatic N) is 1. The van der Waals surface area contributed by atoms with Crippen LogP contribution in [0.15, 0.2) is 28.5 Å². The van der Waals surface area contributed by atoms with Crippen LogP contribution in [-0.2, 0) is 6.42 Å². The van der Waals surface area contributed by atoms with Crippen LogP contribution in [0, 0.1) is 5.82 Å². The van der Waals surface area contributed by atoms with Crippen molar-refractivity contribution >= 4 is 23.1 Å². The van der Waals surface area contributed by atoms with Crippen molar-refractivity contribution in [3.05, 3.63) is 35.1 Å². The molecule has 0 atom stereocenters. The van der Waals surface area contributed by atoms with E-state index in [4.69, 9.17) is 5.73 Å². The topological polar surface area (TPSA) is 38.9 Å². The van der Waals surface area contributed by atoms with Crippen molar-refractivity contribution in [2.75, 3.05) is 12.8 Å². The Labute approximate surface area is 108 Å². The fourth-order valence-electron chi connectivity index (χ4n) is 1.57. The molecule has 0 aliphatic heterocycles. The lowest BCUT2D eigenvalue weighted by atomic mass is 10.2. The molecule has 2 aromatic rings. The average molecular weight is 268 g/mol. The second kappa shape index (κ2) is 5.62. The van der Waals surface area contributed by atoms with Crippen LogP contribution in [0.2, 0.25) is 0 Å². The second-order valence-corrected chi connectivity index (χ2v) is 5.21. The van der Waals surface area contributed by atoms with Crippen molar-refractivity contribution in [3.63, 3.8) is 0 Å². The number of thiazole rings is 1. The molecular weight excluding hydrogens is 255 g/mol. The normalized spacial score (nSPS) is 10.8. The average Bonchev–Trinajstić information content (AvgIpc) is 2.77. The highest BCUT2D eigenvalue weighted by atomic mass is 32.2. The molecule has 2 rings (SSSR count). The summed E-state index contributed by atoms with van der Waals surface area (Å²) in [7, 11) is 0. The Kier molecular flexibility index (Phi) is 4.15. The molecule has 0 amide bonds. The van der Waals surface area contributed by atoms with Gasteiger partial charge in [-0.25, -0.2) is 9.37 Å². The minimum absolute atomic E-state index is 0.217. The zero-order valence-electron chi connectivity index (χ0n) is 9.44. The van der Waals surface area contributed by atoms with Crippen LogP contribution in [0.5, 0.6) is 0 Å². The zero-order valence-corrected chi connectivity index (χ0v) is 11.1. The molecular formula is C12H13FN2S2. The van der Waals surface area contributed by atoms with Gasteiger partial charge in [0.05, 0.1) is 11.3 Å². The highest BCUT2D eigenvalue weighted by molar-refractivity contribution is 7.98. The molecule has 0 aliphatic rings. The summed E-state index contributed by atoms with van der Waals surface area (Å²) >= 11 is 3.00. The molecule has 1 aromatic carbocycles. The lowest BCUT2D eigenvalue weighted by molar-refractivity contribution is 0.628. The van der Waals surface area contributed by atoms with Crippen molar-refractivity contribution in [3.8, 4) is 10.6 Å². The smallest absolute Gasteiger partial charge is 0.134 e. The Morgan fingerprint density at radius 3 is 3.00 bits per heavy atom. The summed E-state index contributed by atoms with van der Waals surface area (Å²) in [6.07, 6.45) is 2.67. The van der Waals surface area contributed by atoms with Crippen LogP contribution in [0.4, 0.5) is 4.39 Å². The molecule has 0 unspecified atom stereocenters. The fraction of sp³-hybridized carbons (Fsp3) is 0.250. The van der Waals surface area contributed by atoms with E-state index in [0.29, 0.717) is 12.1 Å². The lowest BCUT2D eigenvalue weighted by Gasteiger charge is -2.05. The van der Waals surface area contributed by atoms with E-state index in [1.165, 1.54) is 29.2 Å². The van der Waals surface area contributed by atoms with E-state index in [9.17, 15) is 4.39 Å². The molecule has 0 saturated heterocycles. The number of nitrogens with two attached hydrogens (primary N) is 1. The maximum Gasteiger partial charge on any atom is 0.134 e. The third-order valence-electron chi connectivity index (χ3n) is 2.36. The summed E-state index contributed by atoms with van der Waals surface area (Å²) in [6, 6.07) is 5.10. The van der Waals surface area contributed by atoms with Crippen molar-refractivity contribution in [2.24, 2.45) is 5.73 Å². The first-order valence-electron chi connectivity index (χ1n) is 5.23. The molecule has 0 radical (unpaired) electrons. The van der Waals surface area contributed by atoms with Crippen molar-refractivity contribution < 1.29 is 4.39 Å². The van der Waals surface area contributed by atoms with Gasteiger partial charge in [-0.1, -0.05) is 6.07 Å². The molecule has 17 heavy (non-hydrogen) atoms. The molecule has 0 bridgehead atoms. The predicted octanol–water partition coefficient (Wildman–Crippen LogP) is 3.17. The molecule has 90 valence electrons. The number of aromatic nitrogens is 1. The van der Waals surface area contributed by atoms with Gasteiger partial charge in [0.2, 0.25) is 0 Å². The molecule has 0 spiro atoms. The largest absolute Gasteiger partial charge is 0.330 e. The van der Waals surface area contributed by atoms with Crippen molar-refractivity contribution in [1.82, 2.24) is 4.98 Å². The molecule has 0 fully saturated rings. The standard InChI is InChI=1S/C12H13FN2S2/c1-16-10-4-2-3-9(13)11(10)12-15-8(5-6-14)7-17-12/h2-4,7H,5-6,14H2,1H3. The third-order valence-corrected chi connectivity index (χ3v) is 4.05. The maximum atomic E-state index is 13.8. The van der Waals surface area contributed by atoms with E-state index in [1.807, 2.05) is 17.7 Å². The summed E-state index contributed by atoms with van der Waals surface area (Å²) < 4.78 is 13.8. The van der Waals surface area contributed by atoms with Gasteiger partial charge in [0, 0.05) is 16.7 Å². The monoisotopic (exact) mass is 268 g/mol. The highest BCUT2D eigenvalue weighted by Crippen LogP contribution is 2.34. The molecule has 2 nitrogen and oxygen atoms in total. The molecule has 2 N–H and O–H groups in total. The summed E-state index contributed by atoms with van der Waals surface area (Å²) in [6.45, 7) is 0.565. The van der Waals surface area contributed by atoms with E-state index in [2.05, 4.69) is 4.98 Å². The number of thioether (sulfide) groups is 1. The number of benzene rings is 1. The van der Waals surface area contributed by atoms with Gasteiger partial charge >= 0.3 is 0 Å². The lowest BCUT2D eigenvalue weighted by Crippen LogP contribution is -2.02. The van der Waals surface area contributed by atoms with Crippen LogP contribution >= 0.6 is 23.1 Å². The summed E-state index contributed by atoms with van der Waals surface area (Å²) in [4.78, 5) is 5.34. The first-order chi connectivity index (χ1) is 8.26. The van der Waals surface area contributed by atoms with Gasteiger partial charge < -0.3 is 5.73 Å². The first kappa shape index (κ1) is 12.5. The van der Waals surface area contributed by atoms with Gasteiger partial charge in [-0.15, -0.1) is 23.1 Å². The third kappa shape index (κ3) is 2.68. The zero-order chi connectivity index (χ0) is 12.3. The van der Waals surface area contributed by atoms with Crippen LogP contribution in [0.3, 0.4) is 0 Å². The quantitative estimate of drug-likeness (QED) is 0.866. The predicted molar refractivity (Wildman–Crippen MR) is 72.0 cm³/mol. The van der Waals surface area contributed by atoms with E-state index in [1.54, 1.807) is 6.07 Å². The molecule has 0 aliphatic carbocycles. The Bertz CT molecular complexity index is 511. The minimum Gasteiger partial charge on any atom is -0.330 e. The number of rotatable bonds is 4. The Morgan fingerprint density at radius 2 is 2.29 bits per heavy atom. The van der Waals surface area contributed by atoms with Crippen molar-refractivity contribution in [1.29, 1.82) is 0 Å². The van der Waals surface area contributed by atoms with Crippen LogP contribution < -0.4 is 5.73 Å². The van der Waals surface area contributed by atoms with Gasteiger partial charge in [0.1, 0.15) is 10.8 Å². The van der Waals surface area contributed by atoms with Crippen LogP contribution in [0.25, 0.3) is 10.6 Å². The summed E-state index contributed by atoms with van der Waals surface area (Å²) in [5, 5.41) is 2.68. The summed E-state index contributed by atoms with van der Waals surface area (Å²) in [5.74, 6) is -0.217. The van der Waals surface area contributed by atoms with E-state index in [-0.39, 0.29) is 5.82 Å². The highest BCUT2D eigenvalue weighted by Gasteiger charge is 2.13. The number of hydrogen-bond donors (Lipinski definition) is 1. The van der Waals surface area contributed by atoms with Gasteiger partial charge in [-0.3, -0.25) is 0 Å². The van der Waals surface area contributed by atoms with Gasteiger partial charge in [-0.05, 0) is 24.9 Å². The molecule has 0 saturated carbocycles. The fourth-order valence-corrected chi connectivity index (χ4v) is 3.16. The maximum absolute atomic E-state index is 13.8. The van der Waals surface area contributed by atoms with E-state index >= 15 is 0 Å².